The smallest absolute Gasteiger partial charge is 0.275 e. The van der Waals surface area contributed by atoms with Crippen LogP contribution in [0.4, 0.5) is 11.4 Å². The highest BCUT2D eigenvalue weighted by Crippen LogP contribution is 2.26. The van der Waals surface area contributed by atoms with Crippen molar-refractivity contribution in [3.05, 3.63) is 28.3 Å². The Morgan fingerprint density at radius 1 is 1.29 bits per heavy atom. The van der Waals surface area contributed by atoms with Gasteiger partial charge in [-0.25, -0.2) is 0 Å². The number of rotatable bonds is 9. The minimum absolute atomic E-state index is 0.0273. The van der Waals surface area contributed by atoms with Gasteiger partial charge in [0.05, 0.1) is 23.7 Å². The van der Waals surface area contributed by atoms with E-state index in [0.717, 1.165) is 12.8 Å². The number of anilines is 1. The third-order valence-electron chi connectivity index (χ3n) is 3.52. The standard InChI is InChI=1S/C15H24N2O4/c1-4-11(5-2)15(18)10-16-12-7-13(17(19)20)9-14(8-12)21-6-3/h7-9,11,15-16,18H,4-6,10H2,1-3H3. The summed E-state index contributed by atoms with van der Waals surface area (Å²) in [5.74, 6) is 0.675. The van der Waals surface area contributed by atoms with Crippen LogP contribution in [-0.4, -0.2) is 29.3 Å². The van der Waals surface area contributed by atoms with Gasteiger partial charge in [0.15, 0.2) is 0 Å². The van der Waals surface area contributed by atoms with E-state index in [0.29, 0.717) is 24.6 Å². The fourth-order valence-electron chi connectivity index (χ4n) is 2.26. The Bertz CT molecular complexity index is 461. The summed E-state index contributed by atoms with van der Waals surface area (Å²) in [6, 6.07) is 4.55. The lowest BCUT2D eigenvalue weighted by Crippen LogP contribution is -2.27. The van der Waals surface area contributed by atoms with Gasteiger partial charge in [-0.1, -0.05) is 26.7 Å². The minimum Gasteiger partial charge on any atom is -0.494 e. The molecule has 0 aliphatic rings. The van der Waals surface area contributed by atoms with Crippen LogP contribution in [0, 0.1) is 16.0 Å². The number of ether oxygens (including phenoxy) is 1. The molecular weight excluding hydrogens is 272 g/mol. The molecule has 6 heteroatoms. The van der Waals surface area contributed by atoms with Gasteiger partial charge < -0.3 is 15.2 Å². The molecule has 0 saturated carbocycles. The van der Waals surface area contributed by atoms with E-state index in [9.17, 15) is 15.2 Å². The van der Waals surface area contributed by atoms with Crippen molar-refractivity contribution in [2.75, 3.05) is 18.5 Å². The average Bonchev–Trinajstić information content (AvgIpc) is 2.46. The number of hydrogen-bond donors (Lipinski definition) is 2. The number of hydrogen-bond acceptors (Lipinski definition) is 5. The summed E-state index contributed by atoms with van der Waals surface area (Å²) in [6.45, 7) is 6.70. The Labute approximate surface area is 125 Å². The van der Waals surface area contributed by atoms with Crippen molar-refractivity contribution in [3.8, 4) is 5.75 Å². The molecule has 0 amide bonds. The summed E-state index contributed by atoms with van der Waals surface area (Å²) in [5, 5.41) is 24.1. The van der Waals surface area contributed by atoms with E-state index in [1.54, 1.807) is 6.07 Å². The van der Waals surface area contributed by atoms with E-state index in [2.05, 4.69) is 5.32 Å². The molecule has 0 spiro atoms. The minimum atomic E-state index is -0.477. The summed E-state index contributed by atoms with van der Waals surface area (Å²) < 4.78 is 5.33. The molecule has 1 atom stereocenters. The molecule has 1 aromatic rings. The fraction of sp³-hybridized carbons (Fsp3) is 0.600. The lowest BCUT2D eigenvalue weighted by molar-refractivity contribution is -0.384. The van der Waals surface area contributed by atoms with Gasteiger partial charge in [0.1, 0.15) is 5.75 Å². The van der Waals surface area contributed by atoms with Gasteiger partial charge in [0, 0.05) is 24.4 Å². The van der Waals surface area contributed by atoms with E-state index in [4.69, 9.17) is 4.74 Å². The third kappa shape index (κ3) is 5.23. The average molecular weight is 296 g/mol. The third-order valence-corrected chi connectivity index (χ3v) is 3.52. The van der Waals surface area contributed by atoms with Crippen molar-refractivity contribution in [2.24, 2.45) is 5.92 Å². The normalized spacial score (nSPS) is 12.2. The predicted octanol–water partition coefficient (Wildman–Crippen LogP) is 3.20. The SMILES string of the molecule is CCOc1cc(NCC(O)C(CC)CC)cc([N+](=O)[O-])c1. The number of nitro benzene ring substituents is 1. The van der Waals surface area contributed by atoms with Crippen molar-refractivity contribution >= 4 is 11.4 Å². The molecule has 0 bridgehead atoms. The van der Waals surface area contributed by atoms with Gasteiger partial charge in [0.25, 0.3) is 5.69 Å². The van der Waals surface area contributed by atoms with Gasteiger partial charge in [-0.3, -0.25) is 10.1 Å². The molecule has 118 valence electrons. The molecule has 1 rings (SSSR count). The zero-order valence-electron chi connectivity index (χ0n) is 12.8. The number of nitrogens with one attached hydrogen (secondary N) is 1. The molecule has 0 radical (unpaired) electrons. The highest BCUT2D eigenvalue weighted by molar-refractivity contribution is 5.56. The second-order valence-electron chi connectivity index (χ2n) is 4.93. The molecular formula is C15H24N2O4. The summed E-state index contributed by atoms with van der Waals surface area (Å²) in [7, 11) is 0. The fourth-order valence-corrected chi connectivity index (χ4v) is 2.26. The highest BCUT2D eigenvalue weighted by Gasteiger charge is 2.16. The number of nitrogens with zero attached hydrogens (tertiary/aromatic N) is 1. The van der Waals surface area contributed by atoms with Gasteiger partial charge in [0.2, 0.25) is 0 Å². The zero-order chi connectivity index (χ0) is 15.8. The zero-order valence-corrected chi connectivity index (χ0v) is 12.8. The monoisotopic (exact) mass is 296 g/mol. The quantitative estimate of drug-likeness (QED) is 0.540. The number of non-ortho nitro benzene ring substituents is 1. The lowest BCUT2D eigenvalue weighted by atomic mass is 9.96. The molecule has 2 N–H and O–H groups in total. The van der Waals surface area contributed by atoms with Crippen LogP contribution in [0.15, 0.2) is 18.2 Å². The van der Waals surface area contributed by atoms with Crippen LogP contribution < -0.4 is 10.1 Å². The lowest BCUT2D eigenvalue weighted by Gasteiger charge is -2.21. The van der Waals surface area contributed by atoms with Crippen molar-refractivity contribution in [2.45, 2.75) is 39.7 Å². The maximum atomic E-state index is 10.9. The van der Waals surface area contributed by atoms with Gasteiger partial charge in [-0.05, 0) is 12.8 Å². The predicted molar refractivity (Wildman–Crippen MR) is 82.8 cm³/mol. The van der Waals surface area contributed by atoms with Crippen LogP contribution in [0.3, 0.4) is 0 Å². The second-order valence-corrected chi connectivity index (χ2v) is 4.93. The number of nitro groups is 1. The van der Waals surface area contributed by atoms with E-state index in [-0.39, 0.29) is 11.6 Å². The first kappa shape index (κ1) is 17.2. The first-order chi connectivity index (χ1) is 10.0. The Morgan fingerprint density at radius 2 is 1.95 bits per heavy atom. The first-order valence-electron chi connectivity index (χ1n) is 7.35. The van der Waals surface area contributed by atoms with Crippen LogP contribution in [0.5, 0.6) is 5.75 Å². The van der Waals surface area contributed by atoms with Crippen LogP contribution >= 0.6 is 0 Å². The number of aliphatic hydroxyl groups is 1. The second kappa shape index (κ2) is 8.46. The van der Waals surface area contributed by atoms with Crippen LogP contribution in [-0.2, 0) is 0 Å². The molecule has 0 fully saturated rings. The van der Waals surface area contributed by atoms with Crippen molar-refractivity contribution in [1.29, 1.82) is 0 Å². The van der Waals surface area contributed by atoms with Gasteiger partial charge >= 0.3 is 0 Å². The van der Waals surface area contributed by atoms with Crippen LogP contribution in [0.1, 0.15) is 33.6 Å². The Hall–Kier alpha value is -1.82. The molecule has 0 aliphatic carbocycles. The van der Waals surface area contributed by atoms with Crippen molar-refractivity contribution in [3.63, 3.8) is 0 Å². The van der Waals surface area contributed by atoms with Gasteiger partial charge in [-0.2, -0.15) is 0 Å². The molecule has 1 unspecified atom stereocenters. The van der Waals surface area contributed by atoms with Crippen LogP contribution in [0.2, 0.25) is 0 Å². The first-order valence-corrected chi connectivity index (χ1v) is 7.35. The highest BCUT2D eigenvalue weighted by atomic mass is 16.6. The topological polar surface area (TPSA) is 84.6 Å². The Morgan fingerprint density at radius 3 is 2.48 bits per heavy atom. The maximum absolute atomic E-state index is 10.9. The Kier molecular flexibility index (Phi) is 6.94. The van der Waals surface area contributed by atoms with Crippen molar-refractivity contribution in [1.82, 2.24) is 0 Å². The Balaban J connectivity index is 2.79. The van der Waals surface area contributed by atoms with E-state index in [1.165, 1.54) is 12.1 Å². The maximum Gasteiger partial charge on any atom is 0.275 e. The summed E-state index contributed by atoms with van der Waals surface area (Å²) >= 11 is 0. The molecule has 1 aromatic carbocycles. The molecule has 0 heterocycles. The number of benzene rings is 1. The summed E-state index contributed by atoms with van der Waals surface area (Å²) in [4.78, 5) is 10.5. The largest absolute Gasteiger partial charge is 0.494 e. The van der Waals surface area contributed by atoms with Crippen LogP contribution in [0.25, 0.3) is 0 Å². The van der Waals surface area contributed by atoms with E-state index >= 15 is 0 Å². The summed E-state index contributed by atoms with van der Waals surface area (Å²) in [6.07, 6.45) is 1.33. The van der Waals surface area contributed by atoms with Crippen molar-refractivity contribution < 1.29 is 14.8 Å². The molecule has 0 aliphatic heterocycles. The molecule has 21 heavy (non-hydrogen) atoms. The van der Waals surface area contributed by atoms with E-state index < -0.39 is 11.0 Å². The molecule has 0 aromatic heterocycles. The number of aliphatic hydroxyl groups excluding tert-OH is 1. The molecule has 6 nitrogen and oxygen atoms in total. The van der Waals surface area contributed by atoms with Gasteiger partial charge in [-0.15, -0.1) is 0 Å². The van der Waals surface area contributed by atoms with E-state index in [1.807, 2.05) is 20.8 Å². The summed E-state index contributed by atoms with van der Waals surface area (Å²) in [5.41, 5.74) is 0.554. The molecule has 0 saturated heterocycles.